The maximum atomic E-state index is 12.2. The first-order valence-electron chi connectivity index (χ1n) is 15.4. The van der Waals surface area contributed by atoms with Crippen LogP contribution in [0.15, 0.2) is 48.5 Å². The van der Waals surface area contributed by atoms with Gasteiger partial charge in [0.05, 0.1) is 13.2 Å². The predicted molar refractivity (Wildman–Crippen MR) is 177 cm³/mol. The van der Waals surface area contributed by atoms with Crippen LogP contribution in [0.25, 0.3) is 0 Å². The molecule has 0 fully saturated rings. The lowest BCUT2D eigenvalue weighted by Crippen LogP contribution is -2.44. The minimum atomic E-state index is -1.71. The van der Waals surface area contributed by atoms with Crippen molar-refractivity contribution in [3.63, 3.8) is 0 Å². The molecular formula is C33H52O9Si2. The van der Waals surface area contributed by atoms with Gasteiger partial charge in [-0.15, -0.1) is 0 Å². The van der Waals surface area contributed by atoms with Gasteiger partial charge in [0, 0.05) is 19.1 Å². The molecule has 0 aliphatic rings. The molecule has 0 unspecified atom stereocenters. The van der Waals surface area contributed by atoms with Crippen molar-refractivity contribution in [1.29, 1.82) is 0 Å². The molecule has 2 aromatic rings. The molecule has 0 N–H and O–H groups in total. The van der Waals surface area contributed by atoms with Crippen LogP contribution >= 0.6 is 0 Å². The Balaban J connectivity index is 1.72. The monoisotopic (exact) mass is 648 g/mol. The van der Waals surface area contributed by atoms with Gasteiger partial charge in [-0.1, -0.05) is 57.9 Å². The molecular weight excluding hydrogens is 597 g/mol. The van der Waals surface area contributed by atoms with Crippen LogP contribution in [0.1, 0.15) is 51.2 Å². The summed E-state index contributed by atoms with van der Waals surface area (Å²) in [6.07, 6.45) is 1.85. The zero-order chi connectivity index (χ0) is 32.6. The summed E-state index contributed by atoms with van der Waals surface area (Å²) >= 11 is 0. The summed E-state index contributed by atoms with van der Waals surface area (Å²) in [5, 5.41) is 0. The minimum absolute atomic E-state index is 0.127. The van der Waals surface area contributed by atoms with Gasteiger partial charge in [-0.25, -0.2) is 9.59 Å². The lowest BCUT2D eigenvalue weighted by Gasteiger charge is -2.34. The zero-order valence-corrected chi connectivity index (χ0v) is 29.9. The standard InChI is InChI=1S/C33H52O9Si2/c1-9-10-25-43(5,6)42-44(7,8)26-11-20-37-22-24-39-32(35)41-30-18-14-28(15-19-30)33(2,3)27-12-16-29(17-13-27)40-31(34)38-23-21-36-4/h12-19H,9-11,20-26H2,1-8H3. The molecule has 0 bridgehead atoms. The number of hydrogen-bond donors (Lipinski definition) is 0. The topological polar surface area (TPSA) is 98.8 Å². The second-order valence-electron chi connectivity index (χ2n) is 12.5. The van der Waals surface area contributed by atoms with Gasteiger partial charge in [-0.3, -0.25) is 0 Å². The van der Waals surface area contributed by atoms with Crippen LogP contribution in [0.3, 0.4) is 0 Å². The normalized spacial score (nSPS) is 12.1. The summed E-state index contributed by atoms with van der Waals surface area (Å²) in [6.45, 7) is 17.1. The van der Waals surface area contributed by atoms with E-state index in [0.29, 0.717) is 31.3 Å². The number of carbonyl (C=O) groups excluding carboxylic acids is 2. The van der Waals surface area contributed by atoms with E-state index in [9.17, 15) is 9.59 Å². The highest BCUT2D eigenvalue weighted by atomic mass is 28.4. The first-order chi connectivity index (χ1) is 20.8. The van der Waals surface area contributed by atoms with Gasteiger partial charge in [0.15, 0.2) is 16.6 Å². The Morgan fingerprint density at radius 1 is 0.659 bits per heavy atom. The van der Waals surface area contributed by atoms with Crippen LogP contribution in [0.4, 0.5) is 9.59 Å². The summed E-state index contributed by atoms with van der Waals surface area (Å²) < 4.78 is 37.8. The van der Waals surface area contributed by atoms with Gasteiger partial charge in [-0.05, 0) is 80.1 Å². The van der Waals surface area contributed by atoms with Gasteiger partial charge in [0.25, 0.3) is 0 Å². The van der Waals surface area contributed by atoms with E-state index >= 15 is 0 Å². The molecule has 2 aromatic carbocycles. The number of methoxy groups -OCH3 is 1. The third kappa shape index (κ3) is 13.9. The lowest BCUT2D eigenvalue weighted by atomic mass is 9.78. The fourth-order valence-corrected chi connectivity index (χ4v) is 13.8. The fraction of sp³-hybridized carbons (Fsp3) is 0.576. The van der Waals surface area contributed by atoms with Crippen molar-refractivity contribution in [3.05, 3.63) is 59.7 Å². The summed E-state index contributed by atoms with van der Waals surface area (Å²) in [6, 6.07) is 16.8. The molecule has 0 amide bonds. The molecule has 0 saturated heterocycles. The van der Waals surface area contributed by atoms with E-state index in [1.165, 1.54) is 26.0 Å². The second-order valence-corrected chi connectivity index (χ2v) is 21.4. The molecule has 11 heteroatoms. The average molecular weight is 649 g/mol. The highest BCUT2D eigenvalue weighted by Crippen LogP contribution is 2.33. The van der Waals surface area contributed by atoms with Gasteiger partial charge in [0.2, 0.25) is 0 Å². The molecule has 0 radical (unpaired) electrons. The molecule has 0 spiro atoms. The maximum absolute atomic E-state index is 12.2. The Hall–Kier alpha value is -2.71. The highest BCUT2D eigenvalue weighted by Gasteiger charge is 2.32. The van der Waals surface area contributed by atoms with Crippen molar-refractivity contribution in [2.24, 2.45) is 0 Å². The van der Waals surface area contributed by atoms with Crippen LogP contribution in [0, 0.1) is 0 Å². The number of benzene rings is 2. The van der Waals surface area contributed by atoms with Crippen LogP contribution in [-0.2, 0) is 28.5 Å². The minimum Gasteiger partial charge on any atom is -0.455 e. The molecule has 0 saturated carbocycles. The van der Waals surface area contributed by atoms with E-state index < -0.39 is 28.9 Å². The molecule has 0 aromatic heterocycles. The van der Waals surface area contributed by atoms with E-state index in [2.05, 4.69) is 47.0 Å². The molecule has 0 aliphatic heterocycles. The van der Waals surface area contributed by atoms with Crippen LogP contribution in [-0.4, -0.2) is 69.1 Å². The van der Waals surface area contributed by atoms with Crippen LogP contribution in [0.5, 0.6) is 11.5 Å². The Kier molecular flexibility index (Phi) is 15.6. The van der Waals surface area contributed by atoms with Gasteiger partial charge >= 0.3 is 12.3 Å². The van der Waals surface area contributed by atoms with E-state index in [4.69, 9.17) is 32.5 Å². The SMILES string of the molecule is CCCC[Si](C)(C)O[Si](C)(C)CCCOCCOC(=O)Oc1ccc(C(C)(C)c2ccc(OC(=O)OCCOC)cc2)cc1. The molecule has 246 valence electrons. The van der Waals surface area contributed by atoms with Gasteiger partial charge < -0.3 is 32.5 Å². The van der Waals surface area contributed by atoms with Crippen molar-refractivity contribution in [1.82, 2.24) is 0 Å². The van der Waals surface area contributed by atoms with E-state index in [1.54, 1.807) is 24.3 Å². The first-order valence-corrected chi connectivity index (χ1v) is 21.7. The second kappa shape index (κ2) is 18.3. The quantitative estimate of drug-likeness (QED) is 0.0644. The van der Waals surface area contributed by atoms with Crippen molar-refractivity contribution in [2.45, 2.75) is 83.7 Å². The fourth-order valence-electron chi connectivity index (χ4n) is 4.84. The Morgan fingerprint density at radius 2 is 1.11 bits per heavy atom. The van der Waals surface area contributed by atoms with E-state index in [-0.39, 0.29) is 18.6 Å². The zero-order valence-electron chi connectivity index (χ0n) is 27.9. The number of carbonyl (C=O) groups is 2. The summed E-state index contributed by atoms with van der Waals surface area (Å²) in [5.74, 6) is 0.780. The van der Waals surface area contributed by atoms with Crippen molar-refractivity contribution in [2.75, 3.05) is 40.1 Å². The average Bonchev–Trinajstić information content (AvgIpc) is 2.95. The van der Waals surface area contributed by atoms with Crippen molar-refractivity contribution < 1.29 is 42.1 Å². The molecule has 44 heavy (non-hydrogen) atoms. The first kappa shape index (κ1) is 37.5. The molecule has 2 rings (SSSR count). The van der Waals surface area contributed by atoms with Crippen LogP contribution in [0.2, 0.25) is 38.3 Å². The molecule has 0 heterocycles. The largest absolute Gasteiger partial charge is 0.513 e. The highest BCUT2D eigenvalue weighted by molar-refractivity contribution is 6.84. The van der Waals surface area contributed by atoms with E-state index in [0.717, 1.165) is 23.6 Å². The lowest BCUT2D eigenvalue weighted by molar-refractivity contribution is 0.0521. The van der Waals surface area contributed by atoms with E-state index in [1.807, 2.05) is 24.3 Å². The maximum Gasteiger partial charge on any atom is 0.513 e. The summed E-state index contributed by atoms with van der Waals surface area (Å²) in [4.78, 5) is 23.9. The predicted octanol–water partition coefficient (Wildman–Crippen LogP) is 8.32. The molecule has 9 nitrogen and oxygen atoms in total. The number of ether oxygens (including phenoxy) is 6. The Morgan fingerprint density at radius 3 is 1.57 bits per heavy atom. The molecule has 0 aliphatic carbocycles. The number of unbranched alkanes of at least 4 members (excludes halogenated alkanes) is 1. The molecule has 0 atom stereocenters. The van der Waals surface area contributed by atoms with Gasteiger partial charge in [-0.2, -0.15) is 0 Å². The van der Waals surface area contributed by atoms with Gasteiger partial charge in [0.1, 0.15) is 24.7 Å². The smallest absolute Gasteiger partial charge is 0.455 e. The third-order valence-electron chi connectivity index (χ3n) is 7.26. The summed E-state index contributed by atoms with van der Waals surface area (Å²) in [7, 11) is -1.78. The van der Waals surface area contributed by atoms with Crippen molar-refractivity contribution in [3.8, 4) is 11.5 Å². The Bertz CT molecular complexity index is 1130. The Labute approximate surface area is 265 Å². The van der Waals surface area contributed by atoms with Crippen molar-refractivity contribution >= 4 is 28.9 Å². The van der Waals surface area contributed by atoms with Crippen LogP contribution < -0.4 is 9.47 Å². The third-order valence-corrected chi connectivity index (χ3v) is 14.8. The number of rotatable bonds is 19. The summed E-state index contributed by atoms with van der Waals surface area (Å²) in [5.41, 5.74) is 1.68. The number of hydrogen-bond acceptors (Lipinski definition) is 9.